The van der Waals surface area contributed by atoms with Crippen molar-refractivity contribution in [2.24, 2.45) is 5.92 Å². The Morgan fingerprint density at radius 1 is 1.19 bits per heavy atom. The molecule has 2 bridgehead atoms. The van der Waals surface area contributed by atoms with Crippen molar-refractivity contribution in [1.29, 1.82) is 0 Å². The molecule has 26 heavy (non-hydrogen) atoms. The fourth-order valence-electron chi connectivity index (χ4n) is 4.05. The van der Waals surface area contributed by atoms with E-state index in [9.17, 15) is 4.79 Å². The smallest absolute Gasteiger partial charge is 0.239 e. The van der Waals surface area contributed by atoms with Crippen LogP contribution in [0.25, 0.3) is 0 Å². The highest BCUT2D eigenvalue weighted by Crippen LogP contribution is 2.31. The lowest BCUT2D eigenvalue weighted by molar-refractivity contribution is -0.133. The van der Waals surface area contributed by atoms with Crippen LogP contribution in [0.3, 0.4) is 0 Å². The quantitative estimate of drug-likeness (QED) is 0.807. The van der Waals surface area contributed by atoms with Gasteiger partial charge < -0.3 is 24.4 Å². The van der Waals surface area contributed by atoms with E-state index in [1.165, 1.54) is 6.42 Å². The van der Waals surface area contributed by atoms with E-state index in [-0.39, 0.29) is 11.9 Å². The Hall–Kier alpha value is -1.95. The molecule has 144 valence electrons. The largest absolute Gasteiger partial charge is 0.493 e. The minimum Gasteiger partial charge on any atom is -0.493 e. The Labute approximate surface area is 155 Å². The molecule has 1 aromatic carbocycles. The second kappa shape index (κ2) is 8.62. The third kappa shape index (κ3) is 4.06. The topological polar surface area (TPSA) is 60.0 Å². The zero-order valence-corrected chi connectivity index (χ0v) is 16.0. The first-order chi connectivity index (χ1) is 12.7. The van der Waals surface area contributed by atoms with Crippen LogP contribution in [-0.2, 0) is 4.79 Å². The van der Waals surface area contributed by atoms with E-state index in [0.29, 0.717) is 42.4 Å². The van der Waals surface area contributed by atoms with Gasteiger partial charge >= 0.3 is 0 Å². The molecular formula is C20H30N2O4. The molecule has 3 rings (SSSR count). The maximum absolute atomic E-state index is 12.8. The van der Waals surface area contributed by atoms with Gasteiger partial charge in [-0.15, -0.1) is 0 Å². The van der Waals surface area contributed by atoms with Crippen molar-refractivity contribution in [2.75, 3.05) is 33.9 Å². The van der Waals surface area contributed by atoms with E-state index in [0.717, 1.165) is 25.8 Å². The Kier molecular flexibility index (Phi) is 6.25. The van der Waals surface area contributed by atoms with Crippen molar-refractivity contribution in [1.82, 2.24) is 10.2 Å². The van der Waals surface area contributed by atoms with Gasteiger partial charge in [-0.25, -0.2) is 0 Å². The highest BCUT2D eigenvalue weighted by Gasteiger charge is 2.37. The minimum absolute atomic E-state index is 0.0219. The molecule has 0 spiro atoms. The lowest BCUT2D eigenvalue weighted by atomic mass is 9.89. The molecule has 0 saturated carbocycles. The molecule has 0 aliphatic carbocycles. The van der Waals surface area contributed by atoms with Gasteiger partial charge in [-0.1, -0.05) is 13.3 Å². The van der Waals surface area contributed by atoms with E-state index in [1.807, 2.05) is 23.1 Å². The van der Waals surface area contributed by atoms with Crippen LogP contribution in [0.2, 0.25) is 0 Å². The summed E-state index contributed by atoms with van der Waals surface area (Å²) in [6, 6.07) is 5.94. The maximum atomic E-state index is 12.8. The lowest BCUT2D eigenvalue weighted by Gasteiger charge is -2.30. The van der Waals surface area contributed by atoms with E-state index in [1.54, 1.807) is 14.2 Å². The number of nitrogens with zero attached hydrogens (tertiary/aromatic N) is 1. The highest BCUT2D eigenvalue weighted by molar-refractivity contribution is 5.82. The van der Waals surface area contributed by atoms with Gasteiger partial charge in [-0.3, -0.25) is 4.79 Å². The van der Waals surface area contributed by atoms with Crippen LogP contribution in [0.4, 0.5) is 0 Å². The number of rotatable bonds is 7. The van der Waals surface area contributed by atoms with E-state index < -0.39 is 0 Å². The molecule has 2 heterocycles. The van der Waals surface area contributed by atoms with Crippen LogP contribution >= 0.6 is 0 Å². The number of carbonyl (C=O) groups excluding carboxylic acids is 1. The molecule has 2 aliphatic heterocycles. The highest BCUT2D eigenvalue weighted by atomic mass is 16.5. The van der Waals surface area contributed by atoms with Gasteiger partial charge in [-0.05, 0) is 37.3 Å². The first-order valence-corrected chi connectivity index (χ1v) is 9.56. The zero-order chi connectivity index (χ0) is 18.5. The summed E-state index contributed by atoms with van der Waals surface area (Å²) < 4.78 is 16.4. The van der Waals surface area contributed by atoms with Crippen LogP contribution in [-0.4, -0.2) is 56.8 Å². The molecule has 1 aromatic rings. The maximum Gasteiger partial charge on any atom is 0.239 e. The summed E-state index contributed by atoms with van der Waals surface area (Å²) >= 11 is 0. The van der Waals surface area contributed by atoms with Crippen molar-refractivity contribution >= 4 is 5.91 Å². The van der Waals surface area contributed by atoms with E-state index in [2.05, 4.69) is 12.2 Å². The monoisotopic (exact) mass is 362 g/mol. The van der Waals surface area contributed by atoms with Gasteiger partial charge in [-0.2, -0.15) is 0 Å². The number of carbonyl (C=O) groups is 1. The standard InChI is InChI=1S/C20H30N2O4/c1-4-14-13-22(20(23)17-7-5-6-16(14)21-17)10-11-26-15-8-9-18(24-2)19(12-15)25-3/h8-9,12,14,16-17,21H,4-7,10-11,13H2,1-3H3/t14-,16?,17?/m0/s1. The fourth-order valence-corrected chi connectivity index (χ4v) is 4.05. The van der Waals surface area contributed by atoms with Crippen LogP contribution in [0.1, 0.15) is 32.6 Å². The normalized spacial score (nSPS) is 25.6. The number of ether oxygens (including phenoxy) is 3. The Morgan fingerprint density at radius 2 is 2.00 bits per heavy atom. The number of amides is 1. The number of hydrogen-bond donors (Lipinski definition) is 1. The number of hydrogen-bond acceptors (Lipinski definition) is 5. The lowest BCUT2D eigenvalue weighted by Crippen LogP contribution is -2.49. The van der Waals surface area contributed by atoms with Gasteiger partial charge in [0.05, 0.1) is 26.8 Å². The average Bonchev–Trinajstić information content (AvgIpc) is 2.77. The molecule has 0 aromatic heterocycles. The minimum atomic E-state index is -0.0219. The van der Waals surface area contributed by atoms with Crippen LogP contribution in [0, 0.1) is 5.92 Å². The summed E-state index contributed by atoms with van der Waals surface area (Å²) in [5.74, 6) is 2.77. The molecule has 2 saturated heterocycles. The molecule has 3 atom stereocenters. The summed E-state index contributed by atoms with van der Waals surface area (Å²) in [6.45, 7) is 4.10. The van der Waals surface area contributed by atoms with Crippen LogP contribution in [0.15, 0.2) is 18.2 Å². The Morgan fingerprint density at radius 3 is 2.73 bits per heavy atom. The van der Waals surface area contributed by atoms with Crippen molar-refractivity contribution < 1.29 is 19.0 Å². The van der Waals surface area contributed by atoms with E-state index in [4.69, 9.17) is 14.2 Å². The predicted octanol–water partition coefficient (Wildman–Crippen LogP) is 2.46. The number of benzene rings is 1. The fraction of sp³-hybridized carbons (Fsp3) is 0.650. The number of fused-ring (bicyclic) bond motifs is 2. The predicted molar refractivity (Wildman–Crippen MR) is 100.0 cm³/mol. The third-order valence-electron chi connectivity index (χ3n) is 5.57. The summed E-state index contributed by atoms with van der Waals surface area (Å²) in [7, 11) is 3.21. The molecule has 2 aliphatic rings. The van der Waals surface area contributed by atoms with Crippen molar-refractivity contribution in [3.63, 3.8) is 0 Å². The summed E-state index contributed by atoms with van der Waals surface area (Å²) in [5.41, 5.74) is 0. The van der Waals surface area contributed by atoms with Gasteiger partial charge in [0.15, 0.2) is 11.5 Å². The molecule has 2 unspecified atom stereocenters. The van der Waals surface area contributed by atoms with Gasteiger partial charge in [0, 0.05) is 18.7 Å². The molecule has 6 heteroatoms. The summed E-state index contributed by atoms with van der Waals surface area (Å²) in [4.78, 5) is 14.8. The molecule has 6 nitrogen and oxygen atoms in total. The van der Waals surface area contributed by atoms with Crippen LogP contribution in [0.5, 0.6) is 17.2 Å². The third-order valence-corrected chi connectivity index (χ3v) is 5.57. The first kappa shape index (κ1) is 18.8. The second-order valence-corrected chi connectivity index (χ2v) is 7.07. The molecular weight excluding hydrogens is 332 g/mol. The van der Waals surface area contributed by atoms with Gasteiger partial charge in [0.1, 0.15) is 12.4 Å². The van der Waals surface area contributed by atoms with E-state index >= 15 is 0 Å². The Bertz CT molecular complexity index is 622. The molecule has 0 radical (unpaired) electrons. The Balaban J connectivity index is 1.60. The number of methoxy groups -OCH3 is 2. The first-order valence-electron chi connectivity index (χ1n) is 9.56. The zero-order valence-electron chi connectivity index (χ0n) is 16.0. The molecule has 2 fully saturated rings. The van der Waals surface area contributed by atoms with Crippen molar-refractivity contribution in [2.45, 2.75) is 44.7 Å². The van der Waals surface area contributed by atoms with Crippen molar-refractivity contribution in [3.05, 3.63) is 18.2 Å². The molecule has 1 amide bonds. The number of nitrogens with one attached hydrogen (secondary N) is 1. The van der Waals surface area contributed by atoms with Crippen LogP contribution < -0.4 is 19.5 Å². The molecule has 1 N–H and O–H groups in total. The summed E-state index contributed by atoms with van der Waals surface area (Å²) in [6.07, 6.45) is 4.35. The van der Waals surface area contributed by atoms with Gasteiger partial charge in [0.2, 0.25) is 5.91 Å². The SMILES string of the molecule is CC[C@H]1CN(CCOc2ccc(OC)c(OC)c2)C(=O)C2CCCC1N2. The second-order valence-electron chi connectivity index (χ2n) is 7.07. The van der Waals surface area contributed by atoms with Crippen molar-refractivity contribution in [3.8, 4) is 17.2 Å². The average molecular weight is 362 g/mol. The number of piperidine rings is 1. The summed E-state index contributed by atoms with van der Waals surface area (Å²) in [5, 5.41) is 3.57. The van der Waals surface area contributed by atoms with Gasteiger partial charge in [0.25, 0.3) is 0 Å².